The fourth-order valence-electron chi connectivity index (χ4n) is 3.44. The fraction of sp³-hybridized carbons (Fsp3) is 0.526. The second-order valence-electron chi connectivity index (χ2n) is 6.11. The minimum absolute atomic E-state index is 0.121. The van der Waals surface area contributed by atoms with Gasteiger partial charge in [0.05, 0.1) is 30.9 Å². The van der Waals surface area contributed by atoms with E-state index in [1.165, 1.54) is 0 Å². The standard InChI is InChI=1S/C19H25NO5/c1-5-24-17(21)15-12(3)20-13(4)19(23,18(22)25-6-2)16(15)14-10-8-7-9-11-14/h7-12,15-16,23H,5-6H2,1-4H3. The van der Waals surface area contributed by atoms with Gasteiger partial charge >= 0.3 is 11.9 Å². The van der Waals surface area contributed by atoms with E-state index in [0.29, 0.717) is 5.56 Å². The van der Waals surface area contributed by atoms with Gasteiger partial charge in [0.15, 0.2) is 0 Å². The minimum Gasteiger partial charge on any atom is -0.466 e. The van der Waals surface area contributed by atoms with Crippen LogP contribution in [0.2, 0.25) is 0 Å². The number of rotatable bonds is 5. The molecule has 4 atom stereocenters. The molecule has 0 saturated carbocycles. The lowest BCUT2D eigenvalue weighted by Gasteiger charge is -2.43. The molecule has 6 nitrogen and oxygen atoms in total. The molecule has 0 bridgehead atoms. The summed E-state index contributed by atoms with van der Waals surface area (Å²) in [5.74, 6) is -2.91. The number of hydrogen-bond donors (Lipinski definition) is 1. The number of carbonyl (C=O) groups excluding carboxylic acids is 2. The molecule has 0 aliphatic carbocycles. The van der Waals surface area contributed by atoms with E-state index < -0.39 is 35.4 Å². The molecule has 25 heavy (non-hydrogen) atoms. The summed E-state index contributed by atoms with van der Waals surface area (Å²) >= 11 is 0. The molecule has 1 aromatic carbocycles. The van der Waals surface area contributed by atoms with E-state index in [2.05, 4.69) is 4.99 Å². The Morgan fingerprint density at radius 1 is 1.16 bits per heavy atom. The quantitative estimate of drug-likeness (QED) is 0.825. The first-order valence-corrected chi connectivity index (χ1v) is 8.53. The Balaban J connectivity index is 2.64. The van der Waals surface area contributed by atoms with Gasteiger partial charge in [-0.2, -0.15) is 0 Å². The van der Waals surface area contributed by atoms with Crippen molar-refractivity contribution < 1.29 is 24.2 Å². The first-order valence-electron chi connectivity index (χ1n) is 8.53. The van der Waals surface area contributed by atoms with E-state index in [1.54, 1.807) is 52.0 Å². The number of aliphatic hydroxyl groups is 1. The molecule has 1 N–H and O–H groups in total. The Kier molecular flexibility index (Phi) is 5.95. The third-order valence-electron chi connectivity index (χ3n) is 4.58. The van der Waals surface area contributed by atoms with Crippen LogP contribution in [0, 0.1) is 5.92 Å². The molecule has 0 fully saturated rings. The van der Waals surface area contributed by atoms with E-state index >= 15 is 0 Å². The molecule has 4 unspecified atom stereocenters. The second-order valence-corrected chi connectivity index (χ2v) is 6.11. The van der Waals surface area contributed by atoms with Crippen LogP contribution < -0.4 is 0 Å². The topological polar surface area (TPSA) is 85.2 Å². The first kappa shape index (κ1) is 19.1. The number of benzene rings is 1. The van der Waals surface area contributed by atoms with Crippen LogP contribution in [0.25, 0.3) is 0 Å². The van der Waals surface area contributed by atoms with E-state index in [-0.39, 0.29) is 18.9 Å². The lowest BCUT2D eigenvalue weighted by Crippen LogP contribution is -2.59. The third-order valence-corrected chi connectivity index (χ3v) is 4.58. The van der Waals surface area contributed by atoms with Crippen LogP contribution in [0.15, 0.2) is 35.3 Å². The van der Waals surface area contributed by atoms with Gasteiger partial charge in [-0.15, -0.1) is 0 Å². The first-order chi connectivity index (χ1) is 11.9. The molecule has 2 rings (SSSR count). The molecular formula is C19H25NO5. The van der Waals surface area contributed by atoms with Crippen LogP contribution in [0.3, 0.4) is 0 Å². The highest BCUT2D eigenvalue weighted by molar-refractivity contribution is 6.11. The summed E-state index contributed by atoms with van der Waals surface area (Å²) in [5, 5.41) is 11.3. The highest BCUT2D eigenvalue weighted by Gasteiger charge is 2.58. The molecule has 1 heterocycles. The van der Waals surface area contributed by atoms with Crippen molar-refractivity contribution in [1.82, 2.24) is 0 Å². The summed E-state index contributed by atoms with van der Waals surface area (Å²) in [6.45, 7) is 7.09. The predicted molar refractivity (Wildman–Crippen MR) is 93.5 cm³/mol. The molecule has 0 aromatic heterocycles. The molecule has 0 amide bonds. The Labute approximate surface area is 147 Å². The van der Waals surface area contributed by atoms with Gasteiger partial charge in [-0.3, -0.25) is 9.79 Å². The highest BCUT2D eigenvalue weighted by atomic mass is 16.6. The van der Waals surface area contributed by atoms with Crippen LogP contribution in [-0.2, 0) is 19.1 Å². The molecule has 1 aliphatic rings. The molecule has 136 valence electrons. The van der Waals surface area contributed by atoms with Crippen LogP contribution in [-0.4, -0.2) is 47.6 Å². The fourth-order valence-corrected chi connectivity index (χ4v) is 3.44. The van der Waals surface area contributed by atoms with Gasteiger partial charge in [0.2, 0.25) is 5.60 Å². The molecule has 1 aromatic rings. The number of aliphatic imine (C=N–C) groups is 1. The Bertz CT molecular complexity index is 657. The zero-order chi connectivity index (χ0) is 18.6. The van der Waals surface area contributed by atoms with Gasteiger partial charge in [-0.05, 0) is 33.3 Å². The van der Waals surface area contributed by atoms with Crippen molar-refractivity contribution in [2.45, 2.75) is 45.3 Å². The SMILES string of the molecule is CCOC(=O)C1C(C)N=C(C)C(O)(C(=O)OCC)C1c1ccccc1. The zero-order valence-electron chi connectivity index (χ0n) is 15.1. The smallest absolute Gasteiger partial charge is 0.344 e. The Hall–Kier alpha value is -2.21. The highest BCUT2D eigenvalue weighted by Crippen LogP contribution is 2.43. The van der Waals surface area contributed by atoms with Crippen LogP contribution in [0.1, 0.15) is 39.2 Å². The lowest BCUT2D eigenvalue weighted by molar-refractivity contribution is -0.165. The van der Waals surface area contributed by atoms with Crippen molar-refractivity contribution >= 4 is 17.7 Å². The summed E-state index contributed by atoms with van der Waals surface area (Å²) in [5.41, 5.74) is -1.11. The molecule has 0 spiro atoms. The minimum atomic E-state index is -2.01. The zero-order valence-corrected chi connectivity index (χ0v) is 15.1. The van der Waals surface area contributed by atoms with Crippen molar-refractivity contribution in [2.24, 2.45) is 10.9 Å². The van der Waals surface area contributed by atoms with Crippen LogP contribution in [0.5, 0.6) is 0 Å². The average Bonchev–Trinajstić information content (AvgIpc) is 2.58. The van der Waals surface area contributed by atoms with Gasteiger partial charge in [-0.1, -0.05) is 30.3 Å². The third kappa shape index (κ3) is 3.44. The Morgan fingerprint density at radius 2 is 1.76 bits per heavy atom. The van der Waals surface area contributed by atoms with Gasteiger partial charge in [0.25, 0.3) is 0 Å². The number of ether oxygens (including phenoxy) is 2. The summed E-state index contributed by atoms with van der Waals surface area (Å²) in [7, 11) is 0. The van der Waals surface area contributed by atoms with E-state index in [9.17, 15) is 14.7 Å². The van der Waals surface area contributed by atoms with E-state index in [4.69, 9.17) is 9.47 Å². The number of nitrogens with zero attached hydrogens (tertiary/aromatic N) is 1. The van der Waals surface area contributed by atoms with Gasteiger partial charge in [0, 0.05) is 5.92 Å². The van der Waals surface area contributed by atoms with E-state index in [1.807, 2.05) is 6.07 Å². The number of hydrogen-bond acceptors (Lipinski definition) is 6. The van der Waals surface area contributed by atoms with Gasteiger partial charge in [-0.25, -0.2) is 4.79 Å². The van der Waals surface area contributed by atoms with Crippen molar-refractivity contribution in [3.8, 4) is 0 Å². The number of carbonyl (C=O) groups is 2. The number of esters is 2. The van der Waals surface area contributed by atoms with Crippen molar-refractivity contribution in [1.29, 1.82) is 0 Å². The molecular weight excluding hydrogens is 322 g/mol. The summed E-state index contributed by atoms with van der Waals surface area (Å²) in [4.78, 5) is 29.6. The predicted octanol–water partition coefficient (Wildman–Crippen LogP) is 2.11. The van der Waals surface area contributed by atoms with Crippen molar-refractivity contribution in [2.75, 3.05) is 13.2 Å². The van der Waals surface area contributed by atoms with E-state index in [0.717, 1.165) is 0 Å². The van der Waals surface area contributed by atoms with Crippen LogP contribution in [0.4, 0.5) is 0 Å². The molecule has 0 saturated heterocycles. The summed E-state index contributed by atoms with van der Waals surface area (Å²) in [6.07, 6.45) is 0. The summed E-state index contributed by atoms with van der Waals surface area (Å²) < 4.78 is 10.3. The van der Waals surface area contributed by atoms with Crippen molar-refractivity contribution in [3.63, 3.8) is 0 Å². The average molecular weight is 347 g/mol. The molecule has 1 aliphatic heterocycles. The monoisotopic (exact) mass is 347 g/mol. The van der Waals surface area contributed by atoms with Crippen LogP contribution >= 0.6 is 0 Å². The normalized spacial score (nSPS) is 28.8. The molecule has 6 heteroatoms. The van der Waals surface area contributed by atoms with Gasteiger partial charge < -0.3 is 14.6 Å². The second kappa shape index (κ2) is 7.78. The van der Waals surface area contributed by atoms with Crippen molar-refractivity contribution in [3.05, 3.63) is 35.9 Å². The van der Waals surface area contributed by atoms with Gasteiger partial charge in [0.1, 0.15) is 0 Å². The Morgan fingerprint density at radius 3 is 2.32 bits per heavy atom. The maximum Gasteiger partial charge on any atom is 0.344 e. The maximum atomic E-state index is 12.6. The largest absolute Gasteiger partial charge is 0.466 e. The molecule has 0 radical (unpaired) electrons. The summed E-state index contributed by atoms with van der Waals surface area (Å²) in [6, 6.07) is 8.57. The lowest BCUT2D eigenvalue weighted by atomic mass is 9.67. The maximum absolute atomic E-state index is 12.6.